The average molecular weight is 432 g/mol. The second-order valence-electron chi connectivity index (χ2n) is 7.54. The summed E-state index contributed by atoms with van der Waals surface area (Å²) >= 11 is 0. The number of hydrogen-bond donors (Lipinski definition) is 1. The van der Waals surface area contributed by atoms with Crippen molar-refractivity contribution < 1.29 is 17.9 Å². The van der Waals surface area contributed by atoms with Gasteiger partial charge in [-0.05, 0) is 29.7 Å². The lowest BCUT2D eigenvalue weighted by molar-refractivity contribution is -0.119. The van der Waals surface area contributed by atoms with Gasteiger partial charge < -0.3 is 10.1 Å². The van der Waals surface area contributed by atoms with Gasteiger partial charge in [0.25, 0.3) is 0 Å². The van der Waals surface area contributed by atoms with Gasteiger partial charge >= 0.3 is 0 Å². The lowest BCUT2D eigenvalue weighted by Crippen LogP contribution is -2.40. The van der Waals surface area contributed by atoms with Gasteiger partial charge in [0.2, 0.25) is 15.9 Å². The Balaban J connectivity index is 1.56. The molecule has 1 N–H and O–H groups in total. The molecule has 1 heterocycles. The van der Waals surface area contributed by atoms with E-state index in [1.165, 1.54) is 5.56 Å². The van der Waals surface area contributed by atoms with Crippen molar-refractivity contribution in [2.24, 2.45) is 0 Å². The number of sulfonamides is 1. The summed E-state index contributed by atoms with van der Waals surface area (Å²) in [5.74, 6) is -0.346. The SMILES string of the molecule is Cc1ccccc1N(CC(=O)NCc1ccc(CN2CCOCC2)cc1)S(C)(=O)=O. The number of morpholine rings is 1. The maximum absolute atomic E-state index is 12.5. The van der Waals surface area contributed by atoms with E-state index in [1.54, 1.807) is 12.1 Å². The molecule has 1 fully saturated rings. The number of benzene rings is 2. The third-order valence-corrected chi connectivity index (χ3v) is 6.22. The van der Waals surface area contributed by atoms with E-state index in [4.69, 9.17) is 4.74 Å². The maximum Gasteiger partial charge on any atom is 0.241 e. The van der Waals surface area contributed by atoms with Crippen LogP contribution >= 0.6 is 0 Å². The van der Waals surface area contributed by atoms with Crippen LogP contribution in [0, 0.1) is 6.92 Å². The highest BCUT2D eigenvalue weighted by Gasteiger charge is 2.22. The van der Waals surface area contributed by atoms with Gasteiger partial charge in [-0.25, -0.2) is 8.42 Å². The number of para-hydroxylation sites is 1. The number of amides is 1. The predicted molar refractivity (Wildman–Crippen MR) is 118 cm³/mol. The highest BCUT2D eigenvalue weighted by atomic mass is 32.2. The highest BCUT2D eigenvalue weighted by Crippen LogP contribution is 2.21. The van der Waals surface area contributed by atoms with E-state index in [1.807, 2.05) is 31.2 Å². The first kappa shape index (κ1) is 22.3. The topological polar surface area (TPSA) is 79.0 Å². The summed E-state index contributed by atoms with van der Waals surface area (Å²) in [5, 5.41) is 2.82. The molecule has 30 heavy (non-hydrogen) atoms. The number of anilines is 1. The standard InChI is InChI=1S/C22H29N3O4S/c1-18-5-3-4-6-21(18)25(30(2,27)28)17-22(26)23-15-19-7-9-20(10-8-19)16-24-11-13-29-14-12-24/h3-10H,11-17H2,1-2H3,(H,23,26). The molecule has 0 spiro atoms. The fourth-order valence-electron chi connectivity index (χ4n) is 3.39. The van der Waals surface area contributed by atoms with Gasteiger partial charge in [-0.3, -0.25) is 14.0 Å². The Morgan fingerprint density at radius 1 is 1.07 bits per heavy atom. The summed E-state index contributed by atoms with van der Waals surface area (Å²) in [6.07, 6.45) is 1.11. The van der Waals surface area contributed by atoms with Crippen LogP contribution in [0.3, 0.4) is 0 Å². The molecule has 0 radical (unpaired) electrons. The fraction of sp³-hybridized carbons (Fsp3) is 0.409. The molecule has 8 heteroatoms. The molecule has 3 rings (SSSR count). The lowest BCUT2D eigenvalue weighted by atomic mass is 10.1. The highest BCUT2D eigenvalue weighted by molar-refractivity contribution is 7.92. The fourth-order valence-corrected chi connectivity index (χ4v) is 4.31. The van der Waals surface area contributed by atoms with E-state index in [-0.39, 0.29) is 12.5 Å². The number of nitrogens with one attached hydrogen (secondary N) is 1. The summed E-state index contributed by atoms with van der Waals surface area (Å²) in [6, 6.07) is 15.2. The van der Waals surface area contributed by atoms with Gasteiger partial charge in [-0.15, -0.1) is 0 Å². The normalized spacial score (nSPS) is 15.0. The third-order valence-electron chi connectivity index (χ3n) is 5.09. The van der Waals surface area contributed by atoms with Gasteiger partial charge in [0.15, 0.2) is 0 Å². The predicted octanol–water partition coefficient (Wildman–Crippen LogP) is 1.91. The van der Waals surface area contributed by atoms with E-state index in [2.05, 4.69) is 22.3 Å². The minimum absolute atomic E-state index is 0.251. The molecule has 2 aromatic carbocycles. The first-order chi connectivity index (χ1) is 14.3. The van der Waals surface area contributed by atoms with Crippen LogP contribution in [-0.4, -0.2) is 58.3 Å². The summed E-state index contributed by atoms with van der Waals surface area (Å²) in [7, 11) is -3.58. The lowest BCUT2D eigenvalue weighted by Gasteiger charge is -2.26. The van der Waals surface area contributed by atoms with E-state index in [9.17, 15) is 13.2 Å². The molecule has 0 bridgehead atoms. The van der Waals surface area contributed by atoms with Crippen LogP contribution in [-0.2, 0) is 32.6 Å². The minimum atomic E-state index is -3.58. The molecule has 2 aromatic rings. The zero-order valence-electron chi connectivity index (χ0n) is 17.5. The van der Waals surface area contributed by atoms with Crippen molar-refractivity contribution in [2.75, 3.05) is 43.4 Å². The van der Waals surface area contributed by atoms with Crippen LogP contribution in [0.25, 0.3) is 0 Å². The van der Waals surface area contributed by atoms with Crippen LogP contribution < -0.4 is 9.62 Å². The van der Waals surface area contributed by atoms with Crippen molar-refractivity contribution in [1.82, 2.24) is 10.2 Å². The molecular formula is C22H29N3O4S. The molecule has 162 valence electrons. The van der Waals surface area contributed by atoms with E-state index in [0.29, 0.717) is 12.2 Å². The molecule has 1 saturated heterocycles. The zero-order chi connectivity index (χ0) is 21.6. The zero-order valence-corrected chi connectivity index (χ0v) is 18.3. The summed E-state index contributed by atoms with van der Waals surface area (Å²) < 4.78 is 31.0. The number of ether oxygens (including phenoxy) is 1. The van der Waals surface area contributed by atoms with Crippen LogP contribution in [0.15, 0.2) is 48.5 Å². The van der Waals surface area contributed by atoms with Gasteiger partial charge in [-0.2, -0.15) is 0 Å². The average Bonchev–Trinajstić information content (AvgIpc) is 2.72. The van der Waals surface area contributed by atoms with Crippen molar-refractivity contribution in [1.29, 1.82) is 0 Å². The molecule has 1 aliphatic heterocycles. The molecule has 0 unspecified atom stereocenters. The van der Waals surface area contributed by atoms with E-state index < -0.39 is 10.0 Å². The number of carbonyl (C=O) groups is 1. The molecular weight excluding hydrogens is 402 g/mol. The van der Waals surface area contributed by atoms with Gasteiger partial charge in [-0.1, -0.05) is 42.5 Å². The Labute approximate surface area is 178 Å². The van der Waals surface area contributed by atoms with Crippen LogP contribution in [0.4, 0.5) is 5.69 Å². The molecule has 0 atom stereocenters. The largest absolute Gasteiger partial charge is 0.379 e. The second-order valence-corrected chi connectivity index (χ2v) is 9.44. The monoisotopic (exact) mass is 431 g/mol. The Bertz CT molecular complexity index is 955. The number of aryl methyl sites for hydroxylation is 1. The summed E-state index contributed by atoms with van der Waals surface area (Å²) in [4.78, 5) is 14.8. The Kier molecular flexibility index (Phi) is 7.47. The van der Waals surface area contributed by atoms with E-state index in [0.717, 1.165) is 54.5 Å². The van der Waals surface area contributed by atoms with Crippen molar-refractivity contribution in [2.45, 2.75) is 20.0 Å². The maximum atomic E-state index is 12.5. The van der Waals surface area contributed by atoms with Crippen molar-refractivity contribution >= 4 is 21.6 Å². The quantitative estimate of drug-likeness (QED) is 0.691. The Morgan fingerprint density at radius 2 is 1.70 bits per heavy atom. The van der Waals surface area contributed by atoms with Crippen LogP contribution in [0.1, 0.15) is 16.7 Å². The molecule has 0 aliphatic carbocycles. The molecule has 7 nitrogen and oxygen atoms in total. The number of rotatable bonds is 8. The van der Waals surface area contributed by atoms with Crippen LogP contribution in [0.2, 0.25) is 0 Å². The van der Waals surface area contributed by atoms with Crippen molar-refractivity contribution in [3.05, 3.63) is 65.2 Å². The molecule has 1 amide bonds. The Hall–Kier alpha value is -2.42. The number of hydrogen-bond acceptors (Lipinski definition) is 5. The Morgan fingerprint density at radius 3 is 2.33 bits per heavy atom. The van der Waals surface area contributed by atoms with Crippen molar-refractivity contribution in [3.63, 3.8) is 0 Å². The molecule has 0 aromatic heterocycles. The minimum Gasteiger partial charge on any atom is -0.379 e. The number of nitrogens with zero attached hydrogens (tertiary/aromatic N) is 2. The smallest absolute Gasteiger partial charge is 0.241 e. The first-order valence-electron chi connectivity index (χ1n) is 10.0. The summed E-state index contributed by atoms with van der Waals surface area (Å²) in [5.41, 5.74) is 3.50. The third kappa shape index (κ3) is 6.29. The molecule has 0 saturated carbocycles. The number of carbonyl (C=O) groups excluding carboxylic acids is 1. The molecule has 1 aliphatic rings. The van der Waals surface area contributed by atoms with Crippen molar-refractivity contribution in [3.8, 4) is 0 Å². The van der Waals surface area contributed by atoms with Gasteiger partial charge in [0.1, 0.15) is 6.54 Å². The van der Waals surface area contributed by atoms with Gasteiger partial charge in [0.05, 0.1) is 25.2 Å². The second kappa shape index (κ2) is 10.1. The van der Waals surface area contributed by atoms with Gasteiger partial charge in [0, 0.05) is 26.2 Å². The summed E-state index contributed by atoms with van der Waals surface area (Å²) in [6.45, 7) is 6.24. The van der Waals surface area contributed by atoms with Crippen LogP contribution in [0.5, 0.6) is 0 Å². The van der Waals surface area contributed by atoms with E-state index >= 15 is 0 Å². The first-order valence-corrected chi connectivity index (χ1v) is 11.9.